The van der Waals surface area contributed by atoms with E-state index in [0.29, 0.717) is 6.54 Å². The number of amides is 2. The van der Waals surface area contributed by atoms with E-state index in [-0.39, 0.29) is 6.54 Å². The van der Waals surface area contributed by atoms with E-state index in [9.17, 15) is 9.59 Å². The van der Waals surface area contributed by atoms with E-state index in [1.807, 2.05) is 6.07 Å². The van der Waals surface area contributed by atoms with Gasteiger partial charge in [-0.25, -0.2) is 0 Å². The highest BCUT2D eigenvalue weighted by atomic mass is 16.2. The molecule has 2 N–H and O–H groups in total. The summed E-state index contributed by atoms with van der Waals surface area (Å²) in [5.74, 6) is -1.19. The van der Waals surface area contributed by atoms with Crippen LogP contribution in [0.4, 0.5) is 0 Å². The molecule has 0 aliphatic heterocycles. The second-order valence-electron chi connectivity index (χ2n) is 5.12. The van der Waals surface area contributed by atoms with Crippen LogP contribution in [0.2, 0.25) is 0 Å². The van der Waals surface area contributed by atoms with Crippen LogP contribution < -0.4 is 10.6 Å². The summed E-state index contributed by atoms with van der Waals surface area (Å²) in [6.07, 6.45) is 9.46. The maximum absolute atomic E-state index is 11.6. The number of hydrogen-bond acceptors (Lipinski definition) is 3. The molecule has 0 bridgehead atoms. The second-order valence-corrected chi connectivity index (χ2v) is 5.12. The van der Waals surface area contributed by atoms with E-state index in [1.165, 1.54) is 18.4 Å². The maximum atomic E-state index is 11.6. The topological polar surface area (TPSA) is 71.1 Å². The highest BCUT2D eigenvalue weighted by Crippen LogP contribution is 2.19. The predicted molar refractivity (Wildman–Crippen MR) is 80.3 cm³/mol. The minimum absolute atomic E-state index is 0.262. The zero-order chi connectivity index (χ0) is 14.9. The molecule has 1 aliphatic carbocycles. The minimum Gasteiger partial charge on any atom is -0.348 e. The molecule has 5 nitrogen and oxygen atoms in total. The van der Waals surface area contributed by atoms with Gasteiger partial charge in [-0.2, -0.15) is 0 Å². The first-order chi connectivity index (χ1) is 10.3. The summed E-state index contributed by atoms with van der Waals surface area (Å²) >= 11 is 0. The molecule has 1 heterocycles. The fourth-order valence-electron chi connectivity index (χ4n) is 2.30. The van der Waals surface area contributed by atoms with E-state index in [4.69, 9.17) is 0 Å². The van der Waals surface area contributed by atoms with Gasteiger partial charge in [0.05, 0.1) is 12.2 Å². The molecule has 0 radical (unpaired) electrons. The average Bonchev–Trinajstić information content (AvgIpc) is 2.54. The summed E-state index contributed by atoms with van der Waals surface area (Å²) in [6, 6.07) is 5.44. The molecule has 2 rings (SSSR count). The molecule has 2 amide bonds. The standard InChI is InChI=1S/C16H21N3O2/c20-15(18-11-9-13-6-2-1-3-7-13)16(21)19-12-14-8-4-5-10-17-14/h4-6,8,10H,1-3,7,9,11-12H2,(H,18,20)(H,19,21). The maximum Gasteiger partial charge on any atom is 0.309 e. The summed E-state index contributed by atoms with van der Waals surface area (Å²) in [6.45, 7) is 0.778. The molecule has 0 unspecified atom stereocenters. The first-order valence-corrected chi connectivity index (χ1v) is 7.39. The van der Waals surface area contributed by atoms with Crippen molar-refractivity contribution in [3.63, 3.8) is 0 Å². The van der Waals surface area contributed by atoms with Crippen LogP contribution in [0.1, 0.15) is 37.8 Å². The van der Waals surface area contributed by atoms with Crippen molar-refractivity contribution in [3.8, 4) is 0 Å². The van der Waals surface area contributed by atoms with Crippen LogP contribution in [0.3, 0.4) is 0 Å². The van der Waals surface area contributed by atoms with Crippen molar-refractivity contribution in [3.05, 3.63) is 41.7 Å². The molecule has 1 aromatic rings. The summed E-state index contributed by atoms with van der Waals surface area (Å²) < 4.78 is 0. The molecule has 5 heteroatoms. The molecular formula is C16H21N3O2. The van der Waals surface area contributed by atoms with Crippen LogP contribution in [0.15, 0.2) is 36.0 Å². The third kappa shape index (κ3) is 5.38. The number of aromatic nitrogens is 1. The smallest absolute Gasteiger partial charge is 0.309 e. The SMILES string of the molecule is O=C(NCCC1=CCCCC1)C(=O)NCc1ccccn1. The molecule has 0 spiro atoms. The van der Waals surface area contributed by atoms with E-state index in [2.05, 4.69) is 21.7 Å². The first kappa shape index (κ1) is 15.2. The number of nitrogens with zero attached hydrogens (tertiary/aromatic N) is 1. The second kappa shape index (κ2) is 8.19. The Kier molecular flexibility index (Phi) is 5.94. The van der Waals surface area contributed by atoms with Gasteiger partial charge in [-0.3, -0.25) is 14.6 Å². The van der Waals surface area contributed by atoms with Crippen LogP contribution in [0.25, 0.3) is 0 Å². The van der Waals surface area contributed by atoms with Crippen molar-refractivity contribution in [1.82, 2.24) is 15.6 Å². The molecule has 0 saturated heterocycles. The van der Waals surface area contributed by atoms with Gasteiger partial charge in [0.15, 0.2) is 0 Å². The summed E-state index contributed by atoms with van der Waals surface area (Å²) in [7, 11) is 0. The lowest BCUT2D eigenvalue weighted by atomic mass is 9.97. The minimum atomic E-state index is -0.613. The Balaban J connectivity index is 1.65. The quantitative estimate of drug-likeness (QED) is 0.639. The van der Waals surface area contributed by atoms with Gasteiger partial charge in [-0.15, -0.1) is 0 Å². The number of nitrogens with one attached hydrogen (secondary N) is 2. The van der Waals surface area contributed by atoms with Crippen molar-refractivity contribution in [2.45, 2.75) is 38.6 Å². The predicted octanol–water partition coefficient (Wildman–Crippen LogP) is 1.70. The van der Waals surface area contributed by atoms with E-state index in [0.717, 1.165) is 25.0 Å². The fraction of sp³-hybridized carbons (Fsp3) is 0.438. The Morgan fingerprint density at radius 3 is 2.71 bits per heavy atom. The van der Waals surface area contributed by atoms with Gasteiger partial charge < -0.3 is 10.6 Å². The molecule has 112 valence electrons. The molecule has 1 aromatic heterocycles. The van der Waals surface area contributed by atoms with E-state index >= 15 is 0 Å². The van der Waals surface area contributed by atoms with Crippen molar-refractivity contribution >= 4 is 11.8 Å². The van der Waals surface area contributed by atoms with E-state index in [1.54, 1.807) is 18.3 Å². The zero-order valence-electron chi connectivity index (χ0n) is 12.1. The van der Waals surface area contributed by atoms with Gasteiger partial charge in [-0.05, 0) is 44.2 Å². The first-order valence-electron chi connectivity index (χ1n) is 7.39. The highest BCUT2D eigenvalue weighted by Gasteiger charge is 2.13. The average molecular weight is 287 g/mol. The number of carbonyl (C=O) groups excluding carboxylic acids is 2. The molecule has 0 fully saturated rings. The number of allylic oxidation sites excluding steroid dienone is 1. The molecular weight excluding hydrogens is 266 g/mol. The van der Waals surface area contributed by atoms with Crippen molar-refractivity contribution in [1.29, 1.82) is 0 Å². The van der Waals surface area contributed by atoms with Crippen LogP contribution in [0.5, 0.6) is 0 Å². The zero-order valence-corrected chi connectivity index (χ0v) is 12.1. The lowest BCUT2D eigenvalue weighted by Gasteiger charge is -2.12. The van der Waals surface area contributed by atoms with Crippen LogP contribution in [-0.2, 0) is 16.1 Å². The summed E-state index contributed by atoms with van der Waals surface area (Å²) in [4.78, 5) is 27.4. The summed E-state index contributed by atoms with van der Waals surface area (Å²) in [5.41, 5.74) is 2.11. The molecule has 0 aromatic carbocycles. The van der Waals surface area contributed by atoms with Crippen LogP contribution in [0, 0.1) is 0 Å². The summed E-state index contributed by atoms with van der Waals surface area (Å²) in [5, 5.41) is 5.21. The van der Waals surface area contributed by atoms with Gasteiger partial charge in [0.2, 0.25) is 0 Å². The lowest BCUT2D eigenvalue weighted by molar-refractivity contribution is -0.139. The molecule has 0 saturated carbocycles. The molecule has 1 aliphatic rings. The van der Waals surface area contributed by atoms with Crippen LogP contribution in [-0.4, -0.2) is 23.3 Å². The number of pyridine rings is 1. The van der Waals surface area contributed by atoms with Gasteiger partial charge in [0.1, 0.15) is 0 Å². The fourth-order valence-corrected chi connectivity index (χ4v) is 2.30. The molecule has 21 heavy (non-hydrogen) atoms. The Morgan fingerprint density at radius 1 is 1.14 bits per heavy atom. The monoisotopic (exact) mass is 287 g/mol. The largest absolute Gasteiger partial charge is 0.348 e. The molecule has 0 atom stereocenters. The third-order valence-corrected chi connectivity index (χ3v) is 3.48. The Hall–Kier alpha value is -2.17. The van der Waals surface area contributed by atoms with Crippen molar-refractivity contribution in [2.24, 2.45) is 0 Å². The number of carbonyl (C=O) groups is 2. The van der Waals surface area contributed by atoms with E-state index < -0.39 is 11.8 Å². The van der Waals surface area contributed by atoms with Gasteiger partial charge >= 0.3 is 11.8 Å². The Morgan fingerprint density at radius 2 is 2.00 bits per heavy atom. The lowest BCUT2D eigenvalue weighted by Crippen LogP contribution is -2.40. The Bertz CT molecular complexity index is 512. The number of rotatable bonds is 5. The Labute approximate surface area is 124 Å². The highest BCUT2D eigenvalue weighted by molar-refractivity contribution is 6.35. The van der Waals surface area contributed by atoms with Gasteiger partial charge in [0.25, 0.3) is 0 Å². The normalized spacial score (nSPS) is 14.2. The van der Waals surface area contributed by atoms with Crippen LogP contribution >= 0.6 is 0 Å². The number of hydrogen-bond donors (Lipinski definition) is 2. The van der Waals surface area contributed by atoms with Gasteiger partial charge in [-0.1, -0.05) is 17.7 Å². The van der Waals surface area contributed by atoms with Gasteiger partial charge in [0, 0.05) is 12.7 Å². The third-order valence-electron chi connectivity index (χ3n) is 3.48. The van der Waals surface area contributed by atoms with Crippen molar-refractivity contribution in [2.75, 3.05) is 6.54 Å². The van der Waals surface area contributed by atoms with Crippen molar-refractivity contribution < 1.29 is 9.59 Å².